The molecule has 100 valence electrons. The van der Waals surface area contributed by atoms with E-state index < -0.39 is 0 Å². The zero-order valence-electron chi connectivity index (χ0n) is 10.3. The molecule has 1 aromatic carbocycles. The number of hydrogen-bond acceptors (Lipinski definition) is 5. The van der Waals surface area contributed by atoms with Gasteiger partial charge in [0.15, 0.2) is 5.82 Å². The van der Waals surface area contributed by atoms with Crippen LogP contribution in [0.25, 0.3) is 11.5 Å². The van der Waals surface area contributed by atoms with Crippen LogP contribution in [0.2, 0.25) is 0 Å². The maximum atomic E-state index is 5.82. The standard InChI is InChI=1S/C13H14BrN3OS/c14-9-5-8(6-10(15)7-9)13-16-12(17-18-13)11-3-1-2-4-19-11/h5-7,11H,1-4,15H2. The van der Waals surface area contributed by atoms with Crippen molar-refractivity contribution in [1.29, 1.82) is 0 Å². The fourth-order valence-electron chi connectivity index (χ4n) is 2.16. The van der Waals surface area contributed by atoms with Crippen molar-refractivity contribution in [2.24, 2.45) is 0 Å². The molecular weight excluding hydrogens is 326 g/mol. The molecule has 0 amide bonds. The molecule has 1 saturated heterocycles. The minimum Gasteiger partial charge on any atom is -0.399 e. The molecule has 1 aliphatic heterocycles. The largest absolute Gasteiger partial charge is 0.399 e. The topological polar surface area (TPSA) is 64.9 Å². The Morgan fingerprint density at radius 3 is 2.95 bits per heavy atom. The van der Waals surface area contributed by atoms with E-state index in [2.05, 4.69) is 26.1 Å². The average Bonchev–Trinajstić information content (AvgIpc) is 2.88. The molecule has 0 aliphatic carbocycles. The fraction of sp³-hybridized carbons (Fsp3) is 0.385. The molecule has 0 spiro atoms. The maximum Gasteiger partial charge on any atom is 0.258 e. The highest BCUT2D eigenvalue weighted by Crippen LogP contribution is 2.37. The molecule has 2 heterocycles. The second-order valence-corrected chi connectivity index (χ2v) is 6.81. The fourth-order valence-corrected chi connectivity index (χ4v) is 3.91. The van der Waals surface area contributed by atoms with Gasteiger partial charge in [-0.2, -0.15) is 16.7 Å². The average molecular weight is 340 g/mol. The summed E-state index contributed by atoms with van der Waals surface area (Å²) in [6.07, 6.45) is 3.66. The second-order valence-electron chi connectivity index (χ2n) is 4.59. The van der Waals surface area contributed by atoms with Gasteiger partial charge in [0.2, 0.25) is 0 Å². The van der Waals surface area contributed by atoms with Gasteiger partial charge in [-0.25, -0.2) is 0 Å². The van der Waals surface area contributed by atoms with Crippen molar-refractivity contribution in [2.45, 2.75) is 24.5 Å². The Balaban J connectivity index is 1.87. The summed E-state index contributed by atoms with van der Waals surface area (Å²) in [5, 5.41) is 4.48. The van der Waals surface area contributed by atoms with E-state index in [4.69, 9.17) is 10.3 Å². The number of anilines is 1. The molecule has 0 radical (unpaired) electrons. The second kappa shape index (κ2) is 5.54. The summed E-state index contributed by atoms with van der Waals surface area (Å²) in [5.41, 5.74) is 7.35. The molecule has 1 fully saturated rings. The normalized spacial score (nSPS) is 19.5. The van der Waals surface area contributed by atoms with Gasteiger partial charge in [0.25, 0.3) is 5.89 Å². The summed E-state index contributed by atoms with van der Waals surface area (Å²) in [6, 6.07) is 5.62. The van der Waals surface area contributed by atoms with Gasteiger partial charge in [0, 0.05) is 15.7 Å². The van der Waals surface area contributed by atoms with Gasteiger partial charge in [-0.05, 0) is 36.8 Å². The lowest BCUT2D eigenvalue weighted by atomic mass is 10.2. The van der Waals surface area contributed by atoms with E-state index >= 15 is 0 Å². The van der Waals surface area contributed by atoms with Crippen LogP contribution in [0.3, 0.4) is 0 Å². The van der Waals surface area contributed by atoms with Crippen LogP contribution in [0, 0.1) is 0 Å². The number of aromatic nitrogens is 2. The number of hydrogen-bond donors (Lipinski definition) is 1. The van der Waals surface area contributed by atoms with E-state index in [0.29, 0.717) is 16.8 Å². The summed E-state index contributed by atoms with van der Waals surface area (Å²) in [5.74, 6) is 2.52. The monoisotopic (exact) mass is 339 g/mol. The highest BCUT2D eigenvalue weighted by atomic mass is 79.9. The molecule has 1 aliphatic rings. The Kier molecular flexibility index (Phi) is 3.79. The SMILES string of the molecule is Nc1cc(Br)cc(-c2nc(C3CCCCS3)no2)c1. The van der Waals surface area contributed by atoms with Crippen LogP contribution >= 0.6 is 27.7 Å². The first kappa shape index (κ1) is 13.0. The first-order valence-corrected chi connectivity index (χ1v) is 8.08. The first-order chi connectivity index (χ1) is 9.22. The maximum absolute atomic E-state index is 5.82. The van der Waals surface area contributed by atoms with E-state index in [9.17, 15) is 0 Å². The molecule has 19 heavy (non-hydrogen) atoms. The van der Waals surface area contributed by atoms with E-state index in [1.807, 2.05) is 30.0 Å². The number of nitrogens with two attached hydrogens (primary N) is 1. The molecule has 1 aromatic heterocycles. The van der Waals surface area contributed by atoms with Crippen LogP contribution in [0.4, 0.5) is 5.69 Å². The van der Waals surface area contributed by atoms with Crippen molar-refractivity contribution in [2.75, 3.05) is 11.5 Å². The Morgan fingerprint density at radius 1 is 1.32 bits per heavy atom. The van der Waals surface area contributed by atoms with E-state index in [1.165, 1.54) is 18.6 Å². The Bertz CT molecular complexity index is 561. The summed E-state index contributed by atoms with van der Waals surface area (Å²) >= 11 is 5.33. The summed E-state index contributed by atoms with van der Waals surface area (Å²) in [4.78, 5) is 4.51. The van der Waals surface area contributed by atoms with Crippen molar-refractivity contribution < 1.29 is 4.52 Å². The van der Waals surface area contributed by atoms with Crippen LogP contribution in [0.5, 0.6) is 0 Å². The zero-order chi connectivity index (χ0) is 13.2. The van der Waals surface area contributed by atoms with Crippen molar-refractivity contribution in [1.82, 2.24) is 10.1 Å². The minimum absolute atomic E-state index is 0.371. The molecule has 2 N–H and O–H groups in total. The van der Waals surface area contributed by atoms with Gasteiger partial charge in [0.1, 0.15) is 0 Å². The molecule has 0 saturated carbocycles. The van der Waals surface area contributed by atoms with Gasteiger partial charge < -0.3 is 10.3 Å². The lowest BCUT2D eigenvalue weighted by Gasteiger charge is -2.17. The predicted octanol–water partition coefficient (Wildman–Crippen LogP) is 4.04. The molecule has 1 atom stereocenters. The smallest absolute Gasteiger partial charge is 0.258 e. The number of nitrogens with zero attached hydrogens (tertiary/aromatic N) is 2. The van der Waals surface area contributed by atoms with Crippen LogP contribution in [-0.2, 0) is 0 Å². The number of rotatable bonds is 2. The van der Waals surface area contributed by atoms with Gasteiger partial charge in [-0.3, -0.25) is 0 Å². The van der Waals surface area contributed by atoms with Crippen LogP contribution in [-0.4, -0.2) is 15.9 Å². The quantitative estimate of drug-likeness (QED) is 0.836. The van der Waals surface area contributed by atoms with Crippen molar-refractivity contribution in [3.8, 4) is 11.5 Å². The third-order valence-corrected chi connectivity index (χ3v) is 4.91. The zero-order valence-corrected chi connectivity index (χ0v) is 12.7. The lowest BCUT2D eigenvalue weighted by Crippen LogP contribution is -2.03. The van der Waals surface area contributed by atoms with Crippen LogP contribution < -0.4 is 5.73 Å². The minimum atomic E-state index is 0.371. The summed E-state index contributed by atoms with van der Waals surface area (Å²) in [6.45, 7) is 0. The number of benzene rings is 1. The van der Waals surface area contributed by atoms with Gasteiger partial charge >= 0.3 is 0 Å². The van der Waals surface area contributed by atoms with E-state index in [-0.39, 0.29) is 0 Å². The molecule has 1 unspecified atom stereocenters. The third-order valence-electron chi connectivity index (χ3n) is 3.08. The van der Waals surface area contributed by atoms with Crippen LogP contribution in [0.15, 0.2) is 27.2 Å². The van der Waals surface area contributed by atoms with Crippen LogP contribution in [0.1, 0.15) is 30.3 Å². The number of nitrogen functional groups attached to an aromatic ring is 1. The van der Waals surface area contributed by atoms with Crippen molar-refractivity contribution in [3.63, 3.8) is 0 Å². The summed E-state index contributed by atoms with van der Waals surface area (Å²) < 4.78 is 6.27. The highest BCUT2D eigenvalue weighted by molar-refractivity contribution is 9.10. The Hall–Kier alpha value is -1.01. The highest BCUT2D eigenvalue weighted by Gasteiger charge is 2.22. The third kappa shape index (κ3) is 2.95. The predicted molar refractivity (Wildman–Crippen MR) is 80.9 cm³/mol. The lowest BCUT2D eigenvalue weighted by molar-refractivity contribution is 0.420. The van der Waals surface area contributed by atoms with Crippen molar-refractivity contribution in [3.05, 3.63) is 28.5 Å². The van der Waals surface area contributed by atoms with Crippen molar-refractivity contribution >= 4 is 33.4 Å². The van der Waals surface area contributed by atoms with Gasteiger partial charge in [-0.1, -0.05) is 27.5 Å². The molecular formula is C13H14BrN3OS. The molecule has 4 nitrogen and oxygen atoms in total. The number of thioether (sulfide) groups is 1. The molecule has 0 bridgehead atoms. The van der Waals surface area contributed by atoms with Gasteiger partial charge in [-0.15, -0.1) is 0 Å². The first-order valence-electron chi connectivity index (χ1n) is 6.24. The van der Waals surface area contributed by atoms with E-state index in [0.717, 1.165) is 22.3 Å². The summed E-state index contributed by atoms with van der Waals surface area (Å²) in [7, 11) is 0. The number of halogens is 1. The van der Waals surface area contributed by atoms with Gasteiger partial charge in [0.05, 0.1) is 5.25 Å². The molecule has 2 aromatic rings. The molecule has 6 heteroatoms. The Morgan fingerprint density at radius 2 is 2.21 bits per heavy atom. The van der Waals surface area contributed by atoms with E-state index in [1.54, 1.807) is 0 Å². The Labute approximate surface area is 124 Å². The molecule has 3 rings (SSSR count).